The highest BCUT2D eigenvalue weighted by molar-refractivity contribution is 7.13. The number of carbonyl (C=O) groups is 2. The summed E-state index contributed by atoms with van der Waals surface area (Å²) in [7, 11) is 0. The summed E-state index contributed by atoms with van der Waals surface area (Å²) in [6.45, 7) is 0.600. The summed E-state index contributed by atoms with van der Waals surface area (Å²) in [4.78, 5) is 29.0. The predicted molar refractivity (Wildman–Crippen MR) is 99.4 cm³/mol. The number of rotatable bonds is 8. The van der Waals surface area contributed by atoms with Crippen molar-refractivity contribution in [2.24, 2.45) is 0 Å². The first-order valence-corrected chi connectivity index (χ1v) is 9.14. The van der Waals surface area contributed by atoms with Gasteiger partial charge < -0.3 is 15.1 Å². The Labute approximate surface area is 155 Å². The van der Waals surface area contributed by atoms with Crippen LogP contribution in [-0.4, -0.2) is 23.3 Å². The zero-order valence-electron chi connectivity index (χ0n) is 14.1. The summed E-state index contributed by atoms with van der Waals surface area (Å²) >= 11 is 1.54. The van der Waals surface area contributed by atoms with Gasteiger partial charge in [0.1, 0.15) is 6.26 Å². The molecule has 0 saturated heterocycles. The van der Waals surface area contributed by atoms with Crippen molar-refractivity contribution in [3.05, 3.63) is 65.4 Å². The van der Waals surface area contributed by atoms with Crippen LogP contribution in [0.5, 0.6) is 0 Å². The Balaban J connectivity index is 1.35. The molecule has 7 heteroatoms. The Bertz CT molecular complexity index is 844. The van der Waals surface area contributed by atoms with Crippen LogP contribution in [0.3, 0.4) is 0 Å². The molecular formula is C19H19N3O3S. The van der Waals surface area contributed by atoms with Crippen molar-refractivity contribution in [1.29, 1.82) is 0 Å². The van der Waals surface area contributed by atoms with Crippen molar-refractivity contribution >= 4 is 23.2 Å². The number of amides is 2. The number of nitrogens with zero attached hydrogens (tertiary/aromatic N) is 1. The van der Waals surface area contributed by atoms with E-state index in [1.165, 1.54) is 6.26 Å². The van der Waals surface area contributed by atoms with Gasteiger partial charge in [-0.25, -0.2) is 4.98 Å². The molecule has 134 valence electrons. The topological polar surface area (TPSA) is 84.2 Å². The van der Waals surface area contributed by atoms with Crippen LogP contribution in [0.2, 0.25) is 0 Å². The van der Waals surface area contributed by atoms with E-state index in [9.17, 15) is 9.59 Å². The maximum absolute atomic E-state index is 11.9. The molecule has 0 aliphatic heterocycles. The first-order valence-electron chi connectivity index (χ1n) is 8.26. The summed E-state index contributed by atoms with van der Waals surface area (Å²) in [5.74, 6) is 0.309. The molecule has 3 rings (SSSR count). The van der Waals surface area contributed by atoms with E-state index in [2.05, 4.69) is 15.6 Å². The van der Waals surface area contributed by atoms with Crippen molar-refractivity contribution in [1.82, 2.24) is 15.6 Å². The second-order valence-corrected chi connectivity index (χ2v) is 6.61. The van der Waals surface area contributed by atoms with Crippen LogP contribution in [0.4, 0.5) is 0 Å². The molecule has 6 nitrogen and oxygen atoms in total. The third-order valence-corrected chi connectivity index (χ3v) is 4.49. The average Bonchev–Trinajstić information content (AvgIpc) is 3.32. The highest BCUT2D eigenvalue weighted by Gasteiger charge is 2.09. The maximum Gasteiger partial charge on any atom is 0.236 e. The minimum atomic E-state index is -0.148. The molecule has 2 amide bonds. The minimum Gasteiger partial charge on any atom is -0.443 e. The smallest absolute Gasteiger partial charge is 0.236 e. The Morgan fingerprint density at radius 2 is 1.88 bits per heavy atom. The number of aromatic nitrogens is 1. The average molecular weight is 369 g/mol. The first kappa shape index (κ1) is 17.9. The van der Waals surface area contributed by atoms with E-state index in [0.29, 0.717) is 31.1 Å². The molecule has 0 aliphatic rings. The van der Waals surface area contributed by atoms with E-state index >= 15 is 0 Å². The summed E-state index contributed by atoms with van der Waals surface area (Å²) < 4.78 is 5.40. The summed E-state index contributed by atoms with van der Waals surface area (Å²) in [5, 5.41) is 7.47. The number of carbonyl (C=O) groups excluding carboxylic acids is 2. The zero-order chi connectivity index (χ0) is 18.2. The van der Waals surface area contributed by atoms with Gasteiger partial charge in [0.15, 0.2) is 0 Å². The van der Waals surface area contributed by atoms with Gasteiger partial charge in [0.2, 0.25) is 17.7 Å². The fourth-order valence-electron chi connectivity index (χ4n) is 2.34. The van der Waals surface area contributed by atoms with Crippen LogP contribution in [0, 0.1) is 0 Å². The van der Waals surface area contributed by atoms with Crippen LogP contribution >= 0.6 is 11.3 Å². The molecule has 0 radical (unpaired) electrons. The van der Waals surface area contributed by atoms with Crippen molar-refractivity contribution in [3.8, 4) is 10.8 Å². The SMILES string of the molecule is O=C(CCNC(=O)Cc1ccccc1)NCc1coc(-c2cccs2)n1. The molecule has 0 atom stereocenters. The molecule has 2 heterocycles. The van der Waals surface area contributed by atoms with E-state index in [4.69, 9.17) is 4.42 Å². The Kier molecular flexibility index (Phi) is 6.16. The van der Waals surface area contributed by atoms with E-state index in [0.717, 1.165) is 10.4 Å². The van der Waals surface area contributed by atoms with Gasteiger partial charge in [-0.3, -0.25) is 9.59 Å². The summed E-state index contributed by atoms with van der Waals surface area (Å²) in [5.41, 5.74) is 1.61. The lowest BCUT2D eigenvalue weighted by Gasteiger charge is -2.06. The molecule has 26 heavy (non-hydrogen) atoms. The zero-order valence-corrected chi connectivity index (χ0v) is 14.9. The van der Waals surface area contributed by atoms with Gasteiger partial charge in [-0.1, -0.05) is 36.4 Å². The Morgan fingerprint density at radius 1 is 1.04 bits per heavy atom. The number of nitrogens with one attached hydrogen (secondary N) is 2. The molecule has 2 N–H and O–H groups in total. The predicted octanol–water partition coefficient (Wildman–Crippen LogP) is 2.77. The molecule has 0 saturated carbocycles. The van der Waals surface area contributed by atoms with Gasteiger partial charge in [-0.2, -0.15) is 0 Å². The van der Waals surface area contributed by atoms with E-state index in [1.807, 2.05) is 47.8 Å². The van der Waals surface area contributed by atoms with Crippen LogP contribution in [0.15, 0.2) is 58.5 Å². The molecule has 3 aromatic rings. The second kappa shape index (κ2) is 8.96. The van der Waals surface area contributed by atoms with Gasteiger partial charge in [0, 0.05) is 13.0 Å². The lowest BCUT2D eigenvalue weighted by Crippen LogP contribution is -2.31. The van der Waals surface area contributed by atoms with Gasteiger partial charge in [0.05, 0.1) is 23.5 Å². The van der Waals surface area contributed by atoms with Gasteiger partial charge in [-0.05, 0) is 17.0 Å². The van der Waals surface area contributed by atoms with Gasteiger partial charge in [0.25, 0.3) is 0 Å². The molecule has 2 aromatic heterocycles. The molecule has 0 bridgehead atoms. The lowest BCUT2D eigenvalue weighted by atomic mass is 10.1. The lowest BCUT2D eigenvalue weighted by molar-refractivity contribution is -0.122. The standard InChI is InChI=1S/C19H19N3O3S/c23-17(8-9-20-18(24)11-14-5-2-1-3-6-14)21-12-15-13-25-19(22-15)16-7-4-10-26-16/h1-7,10,13H,8-9,11-12H2,(H,20,24)(H,21,23). The fourth-order valence-corrected chi connectivity index (χ4v) is 2.99. The van der Waals surface area contributed by atoms with Crippen LogP contribution in [0.1, 0.15) is 17.7 Å². The number of benzene rings is 1. The largest absolute Gasteiger partial charge is 0.443 e. The van der Waals surface area contributed by atoms with Crippen molar-refractivity contribution in [3.63, 3.8) is 0 Å². The van der Waals surface area contributed by atoms with E-state index in [1.54, 1.807) is 11.3 Å². The minimum absolute atomic E-state index is 0.0962. The quantitative estimate of drug-likeness (QED) is 0.639. The van der Waals surface area contributed by atoms with Crippen LogP contribution < -0.4 is 10.6 Å². The highest BCUT2D eigenvalue weighted by Crippen LogP contribution is 2.23. The molecular weight excluding hydrogens is 350 g/mol. The third-order valence-electron chi connectivity index (χ3n) is 3.63. The number of thiophene rings is 1. The Morgan fingerprint density at radius 3 is 2.65 bits per heavy atom. The fraction of sp³-hybridized carbons (Fsp3) is 0.211. The molecule has 1 aromatic carbocycles. The third kappa shape index (κ3) is 5.29. The molecule has 0 unspecified atom stereocenters. The molecule has 0 fully saturated rings. The van der Waals surface area contributed by atoms with Crippen molar-refractivity contribution in [2.75, 3.05) is 6.54 Å². The number of hydrogen-bond acceptors (Lipinski definition) is 5. The first-order chi connectivity index (χ1) is 12.7. The van der Waals surface area contributed by atoms with Crippen LogP contribution in [0.25, 0.3) is 10.8 Å². The van der Waals surface area contributed by atoms with E-state index in [-0.39, 0.29) is 18.2 Å². The van der Waals surface area contributed by atoms with Gasteiger partial charge in [-0.15, -0.1) is 11.3 Å². The summed E-state index contributed by atoms with van der Waals surface area (Å²) in [6, 6.07) is 13.3. The number of oxazole rings is 1. The normalized spacial score (nSPS) is 10.5. The van der Waals surface area contributed by atoms with Crippen molar-refractivity contribution in [2.45, 2.75) is 19.4 Å². The summed E-state index contributed by atoms with van der Waals surface area (Å²) in [6.07, 6.45) is 2.07. The molecule has 0 aliphatic carbocycles. The Hall–Kier alpha value is -2.93. The molecule has 0 spiro atoms. The van der Waals surface area contributed by atoms with Crippen LogP contribution in [-0.2, 0) is 22.6 Å². The second-order valence-electron chi connectivity index (χ2n) is 5.66. The highest BCUT2D eigenvalue weighted by atomic mass is 32.1. The van der Waals surface area contributed by atoms with Gasteiger partial charge >= 0.3 is 0 Å². The maximum atomic E-state index is 11.9. The van der Waals surface area contributed by atoms with E-state index < -0.39 is 0 Å². The number of hydrogen-bond donors (Lipinski definition) is 2. The monoisotopic (exact) mass is 369 g/mol. The van der Waals surface area contributed by atoms with Crippen molar-refractivity contribution < 1.29 is 14.0 Å².